The van der Waals surface area contributed by atoms with Crippen LogP contribution in [0.5, 0.6) is 11.5 Å². The van der Waals surface area contributed by atoms with Crippen molar-refractivity contribution in [3.05, 3.63) is 29.8 Å². The lowest BCUT2D eigenvalue weighted by Crippen LogP contribution is -2.43. The standard InChI is InChI=1S/C19H22N2O6/c20-19(24)14-5-7-21(8-6-14)17(22)12-27-18(23)4-2-13-1-3-15-16(11-13)26-10-9-25-15/h1-4,11,14H,5-10,12H2,(H2,20,24)/b4-2+. The van der Waals surface area contributed by atoms with E-state index in [4.69, 9.17) is 19.9 Å². The number of likely N-dealkylation sites (tertiary alicyclic amines) is 1. The first-order chi connectivity index (χ1) is 13.0. The normalized spacial score (nSPS) is 17.0. The summed E-state index contributed by atoms with van der Waals surface area (Å²) in [4.78, 5) is 36.7. The molecule has 0 unspecified atom stereocenters. The number of carbonyl (C=O) groups excluding carboxylic acids is 3. The number of primary amides is 1. The Bertz CT molecular complexity index is 753. The van der Waals surface area contributed by atoms with Gasteiger partial charge in [-0.05, 0) is 36.6 Å². The van der Waals surface area contributed by atoms with E-state index < -0.39 is 5.97 Å². The lowest BCUT2D eigenvalue weighted by molar-refractivity contribution is -0.149. The van der Waals surface area contributed by atoms with Gasteiger partial charge < -0.3 is 24.8 Å². The number of nitrogens with zero attached hydrogens (tertiary/aromatic N) is 1. The molecule has 1 saturated heterocycles. The maximum absolute atomic E-state index is 12.1. The van der Waals surface area contributed by atoms with Gasteiger partial charge in [-0.15, -0.1) is 0 Å². The van der Waals surface area contributed by atoms with E-state index in [1.165, 1.54) is 6.08 Å². The molecule has 1 aromatic carbocycles. The molecule has 144 valence electrons. The molecule has 0 bridgehead atoms. The van der Waals surface area contributed by atoms with Crippen LogP contribution in [0.1, 0.15) is 18.4 Å². The minimum Gasteiger partial charge on any atom is -0.486 e. The maximum Gasteiger partial charge on any atom is 0.331 e. The summed E-state index contributed by atoms with van der Waals surface area (Å²) in [6.07, 6.45) is 3.93. The third-order valence-electron chi connectivity index (χ3n) is 4.57. The minimum absolute atomic E-state index is 0.189. The van der Waals surface area contributed by atoms with Gasteiger partial charge in [0.15, 0.2) is 18.1 Å². The Balaban J connectivity index is 1.45. The second-order valence-electron chi connectivity index (χ2n) is 6.40. The largest absolute Gasteiger partial charge is 0.486 e. The van der Waals surface area contributed by atoms with Crippen molar-refractivity contribution < 1.29 is 28.6 Å². The molecule has 2 N–H and O–H groups in total. The highest BCUT2D eigenvalue weighted by Crippen LogP contribution is 2.31. The Hall–Kier alpha value is -3.03. The summed E-state index contributed by atoms with van der Waals surface area (Å²) >= 11 is 0. The van der Waals surface area contributed by atoms with Gasteiger partial charge in [-0.3, -0.25) is 9.59 Å². The summed E-state index contributed by atoms with van der Waals surface area (Å²) in [7, 11) is 0. The summed E-state index contributed by atoms with van der Waals surface area (Å²) in [5.41, 5.74) is 6.03. The van der Waals surface area contributed by atoms with Crippen LogP contribution in [0.3, 0.4) is 0 Å². The van der Waals surface area contributed by atoms with E-state index >= 15 is 0 Å². The quantitative estimate of drug-likeness (QED) is 0.601. The van der Waals surface area contributed by atoms with Gasteiger partial charge in [0.05, 0.1) is 0 Å². The van der Waals surface area contributed by atoms with Crippen molar-refractivity contribution in [2.24, 2.45) is 11.7 Å². The number of amides is 2. The molecule has 8 heteroatoms. The van der Waals surface area contributed by atoms with Crippen molar-refractivity contribution in [2.45, 2.75) is 12.8 Å². The zero-order chi connectivity index (χ0) is 19.2. The van der Waals surface area contributed by atoms with E-state index in [0.29, 0.717) is 50.6 Å². The molecule has 0 aromatic heterocycles. The third-order valence-corrected chi connectivity index (χ3v) is 4.57. The zero-order valence-electron chi connectivity index (χ0n) is 14.9. The fourth-order valence-corrected chi connectivity index (χ4v) is 3.01. The van der Waals surface area contributed by atoms with E-state index in [2.05, 4.69) is 0 Å². The van der Waals surface area contributed by atoms with Crippen molar-refractivity contribution >= 4 is 23.9 Å². The molecule has 2 aliphatic heterocycles. The first-order valence-corrected chi connectivity index (χ1v) is 8.84. The Morgan fingerprint density at radius 2 is 1.85 bits per heavy atom. The van der Waals surface area contributed by atoms with Gasteiger partial charge >= 0.3 is 5.97 Å². The summed E-state index contributed by atoms with van der Waals surface area (Å²) in [6.45, 7) is 1.56. The van der Waals surface area contributed by atoms with E-state index in [1.807, 2.05) is 0 Å². The molecule has 0 radical (unpaired) electrons. The highest BCUT2D eigenvalue weighted by Gasteiger charge is 2.26. The monoisotopic (exact) mass is 374 g/mol. The average molecular weight is 374 g/mol. The second-order valence-corrected chi connectivity index (χ2v) is 6.40. The Morgan fingerprint density at radius 1 is 1.15 bits per heavy atom. The molecule has 0 saturated carbocycles. The smallest absolute Gasteiger partial charge is 0.331 e. The molecule has 3 rings (SSSR count). The highest BCUT2D eigenvalue weighted by molar-refractivity contribution is 5.89. The third kappa shape index (κ3) is 4.99. The van der Waals surface area contributed by atoms with E-state index in [1.54, 1.807) is 29.2 Å². The number of carbonyl (C=O) groups is 3. The number of piperidine rings is 1. The molecule has 0 spiro atoms. The molecule has 2 amide bonds. The van der Waals surface area contributed by atoms with Crippen molar-refractivity contribution in [3.8, 4) is 11.5 Å². The van der Waals surface area contributed by atoms with Crippen LogP contribution in [0, 0.1) is 5.92 Å². The van der Waals surface area contributed by atoms with Gasteiger partial charge in [-0.1, -0.05) is 6.07 Å². The number of benzene rings is 1. The van der Waals surface area contributed by atoms with Crippen molar-refractivity contribution in [1.82, 2.24) is 4.90 Å². The van der Waals surface area contributed by atoms with E-state index in [0.717, 1.165) is 5.56 Å². The van der Waals surface area contributed by atoms with Crippen LogP contribution in [0.2, 0.25) is 0 Å². The summed E-state index contributed by atoms with van der Waals surface area (Å²) in [6, 6.07) is 5.34. The van der Waals surface area contributed by atoms with Crippen LogP contribution in [0.4, 0.5) is 0 Å². The molecule has 2 aliphatic rings. The van der Waals surface area contributed by atoms with Gasteiger partial charge in [0, 0.05) is 25.1 Å². The zero-order valence-corrected chi connectivity index (χ0v) is 14.9. The van der Waals surface area contributed by atoms with Crippen LogP contribution in [-0.4, -0.2) is 55.6 Å². The van der Waals surface area contributed by atoms with Gasteiger partial charge in [0.1, 0.15) is 13.2 Å². The topological polar surface area (TPSA) is 108 Å². The SMILES string of the molecule is NC(=O)C1CCN(C(=O)COC(=O)/C=C/c2ccc3c(c2)OCCO3)CC1. The van der Waals surface area contributed by atoms with Gasteiger partial charge in [0.25, 0.3) is 5.91 Å². The number of fused-ring (bicyclic) bond motifs is 1. The van der Waals surface area contributed by atoms with E-state index in [9.17, 15) is 14.4 Å². The fraction of sp³-hybridized carbons (Fsp3) is 0.421. The molecular weight excluding hydrogens is 352 g/mol. The number of ether oxygens (including phenoxy) is 3. The molecule has 0 aliphatic carbocycles. The van der Waals surface area contributed by atoms with Crippen LogP contribution >= 0.6 is 0 Å². The summed E-state index contributed by atoms with van der Waals surface area (Å²) in [5.74, 6) is -0.106. The van der Waals surface area contributed by atoms with Gasteiger partial charge in [-0.25, -0.2) is 4.79 Å². The van der Waals surface area contributed by atoms with Gasteiger partial charge in [0.2, 0.25) is 5.91 Å². The van der Waals surface area contributed by atoms with Crippen LogP contribution in [0.15, 0.2) is 24.3 Å². The number of esters is 1. The highest BCUT2D eigenvalue weighted by atomic mass is 16.6. The summed E-state index contributed by atoms with van der Waals surface area (Å²) in [5, 5.41) is 0. The Labute approximate surface area is 156 Å². The van der Waals surface area contributed by atoms with Crippen molar-refractivity contribution in [2.75, 3.05) is 32.9 Å². The van der Waals surface area contributed by atoms with Gasteiger partial charge in [-0.2, -0.15) is 0 Å². The van der Waals surface area contributed by atoms with E-state index in [-0.39, 0.29) is 24.3 Å². The van der Waals surface area contributed by atoms with Crippen LogP contribution in [0.25, 0.3) is 6.08 Å². The van der Waals surface area contributed by atoms with Crippen LogP contribution < -0.4 is 15.2 Å². The van der Waals surface area contributed by atoms with Crippen LogP contribution in [-0.2, 0) is 19.1 Å². The Morgan fingerprint density at radius 3 is 2.56 bits per heavy atom. The fourth-order valence-electron chi connectivity index (χ4n) is 3.01. The van der Waals surface area contributed by atoms with Crippen molar-refractivity contribution in [1.29, 1.82) is 0 Å². The summed E-state index contributed by atoms with van der Waals surface area (Å²) < 4.78 is 15.9. The number of nitrogens with two attached hydrogens (primary N) is 1. The molecule has 8 nitrogen and oxygen atoms in total. The molecular formula is C19H22N2O6. The molecule has 27 heavy (non-hydrogen) atoms. The molecule has 1 aromatic rings. The maximum atomic E-state index is 12.1. The lowest BCUT2D eigenvalue weighted by atomic mass is 9.96. The van der Waals surface area contributed by atoms with Crippen molar-refractivity contribution in [3.63, 3.8) is 0 Å². The first-order valence-electron chi connectivity index (χ1n) is 8.84. The predicted octanol–water partition coefficient (Wildman–Crippen LogP) is 0.738. The number of hydrogen-bond acceptors (Lipinski definition) is 6. The Kier molecular flexibility index (Phi) is 5.95. The predicted molar refractivity (Wildman–Crippen MR) is 95.9 cm³/mol. The first kappa shape index (κ1) is 18.8. The molecule has 1 fully saturated rings. The molecule has 0 atom stereocenters. The lowest BCUT2D eigenvalue weighted by Gasteiger charge is -2.30. The molecule has 2 heterocycles. The minimum atomic E-state index is -0.606. The average Bonchev–Trinajstić information content (AvgIpc) is 2.70. The second kappa shape index (κ2) is 8.57. The number of hydrogen-bond donors (Lipinski definition) is 1. The number of rotatable bonds is 5.